The third kappa shape index (κ3) is 5.42. The largest absolute Gasteiger partial charge is 0.480 e. The number of hydrogen-bond acceptors (Lipinski definition) is 6. The van der Waals surface area contributed by atoms with Gasteiger partial charge in [-0.15, -0.1) is 11.3 Å². The molecule has 0 unspecified atom stereocenters. The Balaban J connectivity index is 2.46. The molecule has 0 saturated heterocycles. The van der Waals surface area contributed by atoms with Crippen molar-refractivity contribution in [3.8, 4) is 0 Å². The number of thiophene rings is 1. The molecule has 1 rings (SSSR count). The zero-order valence-corrected chi connectivity index (χ0v) is 12.8. The molecule has 1 aromatic rings. The van der Waals surface area contributed by atoms with Crippen LogP contribution in [0.15, 0.2) is 21.7 Å². The van der Waals surface area contributed by atoms with Crippen molar-refractivity contribution in [3.05, 3.63) is 17.5 Å². The van der Waals surface area contributed by atoms with Crippen LogP contribution < -0.4 is 10.0 Å². The lowest BCUT2D eigenvalue weighted by Gasteiger charge is -2.16. The summed E-state index contributed by atoms with van der Waals surface area (Å²) in [5.74, 6) is -2.03. The zero-order valence-electron chi connectivity index (χ0n) is 11.1. The van der Waals surface area contributed by atoms with Crippen LogP contribution in [0.1, 0.15) is 13.3 Å². The van der Waals surface area contributed by atoms with E-state index in [1.165, 1.54) is 13.0 Å². The third-order valence-corrected chi connectivity index (χ3v) is 5.33. The van der Waals surface area contributed by atoms with Crippen molar-refractivity contribution >= 4 is 33.2 Å². The lowest BCUT2D eigenvalue weighted by molar-refractivity contribution is -0.144. The van der Waals surface area contributed by atoms with Gasteiger partial charge in [-0.25, -0.2) is 17.9 Å². The van der Waals surface area contributed by atoms with Crippen molar-refractivity contribution in [1.82, 2.24) is 10.0 Å². The van der Waals surface area contributed by atoms with Crippen molar-refractivity contribution in [2.45, 2.75) is 29.7 Å². The molecule has 118 valence electrons. The number of carbonyl (C=O) groups is 2. The Hall–Kier alpha value is -1.49. The number of carbonyl (C=O) groups excluding carboxylic acids is 1. The lowest BCUT2D eigenvalue weighted by Crippen LogP contribution is -2.48. The minimum absolute atomic E-state index is 0.135. The minimum atomic E-state index is -3.65. The second-order valence-corrected chi connectivity index (χ2v) is 7.15. The Morgan fingerprint density at radius 2 is 2.10 bits per heavy atom. The highest BCUT2D eigenvalue weighted by Gasteiger charge is 2.25. The summed E-state index contributed by atoms with van der Waals surface area (Å²) in [5, 5.41) is 21.7. The molecule has 0 aliphatic carbocycles. The molecule has 0 aromatic carbocycles. The number of hydrogen-bond donors (Lipinski definition) is 4. The molecular weight excluding hydrogens is 320 g/mol. The summed E-state index contributed by atoms with van der Waals surface area (Å²) in [7, 11) is -3.65. The predicted molar refractivity (Wildman–Crippen MR) is 75.4 cm³/mol. The first-order chi connectivity index (χ1) is 9.74. The SMILES string of the molecule is C[C@@H](O)[C@H](NC(=O)CCNS(=O)(=O)c1cccs1)C(=O)O. The summed E-state index contributed by atoms with van der Waals surface area (Å²) in [6.07, 6.45) is -1.49. The Morgan fingerprint density at radius 3 is 2.57 bits per heavy atom. The molecule has 0 bridgehead atoms. The third-order valence-electron chi connectivity index (χ3n) is 2.47. The van der Waals surface area contributed by atoms with Gasteiger partial charge in [0.1, 0.15) is 4.21 Å². The lowest BCUT2D eigenvalue weighted by atomic mass is 10.2. The first-order valence-corrected chi connectivity index (χ1v) is 8.33. The van der Waals surface area contributed by atoms with Crippen LogP contribution in [0.4, 0.5) is 0 Å². The number of aliphatic hydroxyl groups excluding tert-OH is 1. The Kier molecular flexibility index (Phi) is 6.27. The van der Waals surface area contributed by atoms with E-state index >= 15 is 0 Å². The van der Waals surface area contributed by atoms with Gasteiger partial charge in [-0.3, -0.25) is 4.79 Å². The van der Waals surface area contributed by atoms with Gasteiger partial charge < -0.3 is 15.5 Å². The van der Waals surface area contributed by atoms with E-state index in [-0.39, 0.29) is 17.2 Å². The van der Waals surface area contributed by atoms with Crippen LogP contribution >= 0.6 is 11.3 Å². The quantitative estimate of drug-likeness (QED) is 0.499. The average Bonchev–Trinajstić information content (AvgIpc) is 2.89. The molecule has 4 N–H and O–H groups in total. The molecule has 0 spiro atoms. The van der Waals surface area contributed by atoms with Gasteiger partial charge in [-0.2, -0.15) is 0 Å². The summed E-state index contributed by atoms with van der Waals surface area (Å²) >= 11 is 1.05. The molecule has 0 fully saturated rings. The summed E-state index contributed by atoms with van der Waals surface area (Å²) in [5.41, 5.74) is 0. The Morgan fingerprint density at radius 1 is 1.43 bits per heavy atom. The molecule has 8 nitrogen and oxygen atoms in total. The van der Waals surface area contributed by atoms with Crippen LogP contribution in [0.3, 0.4) is 0 Å². The highest BCUT2D eigenvalue weighted by Crippen LogP contribution is 2.14. The number of aliphatic carboxylic acids is 1. The second-order valence-electron chi connectivity index (χ2n) is 4.20. The van der Waals surface area contributed by atoms with Crippen molar-refractivity contribution < 1.29 is 28.2 Å². The second kappa shape index (κ2) is 7.50. The molecule has 1 heterocycles. The number of nitrogens with one attached hydrogen (secondary N) is 2. The maximum absolute atomic E-state index is 11.7. The number of rotatable bonds is 8. The van der Waals surface area contributed by atoms with E-state index in [4.69, 9.17) is 5.11 Å². The highest BCUT2D eigenvalue weighted by molar-refractivity contribution is 7.91. The van der Waals surface area contributed by atoms with Gasteiger partial charge in [0.15, 0.2) is 6.04 Å². The molecule has 1 aromatic heterocycles. The van der Waals surface area contributed by atoms with Crippen molar-refractivity contribution in [1.29, 1.82) is 0 Å². The fourth-order valence-electron chi connectivity index (χ4n) is 1.42. The normalized spacial score (nSPS) is 14.4. The molecule has 0 saturated carbocycles. The molecular formula is C11H16N2O6S2. The first kappa shape index (κ1) is 17.6. The van der Waals surface area contributed by atoms with E-state index in [0.717, 1.165) is 11.3 Å². The van der Waals surface area contributed by atoms with E-state index in [1.54, 1.807) is 11.4 Å². The molecule has 10 heteroatoms. The van der Waals surface area contributed by atoms with Crippen LogP contribution in [-0.4, -0.2) is 49.2 Å². The predicted octanol–water partition coefficient (Wildman–Crippen LogP) is -0.633. The van der Waals surface area contributed by atoms with Gasteiger partial charge in [0, 0.05) is 13.0 Å². The van der Waals surface area contributed by atoms with Gasteiger partial charge in [-0.1, -0.05) is 6.07 Å². The Labute approximate surface area is 125 Å². The summed E-state index contributed by atoms with van der Waals surface area (Å²) < 4.78 is 25.9. The van der Waals surface area contributed by atoms with Crippen molar-refractivity contribution in [2.75, 3.05) is 6.54 Å². The fourth-order valence-corrected chi connectivity index (χ4v) is 3.49. The zero-order chi connectivity index (χ0) is 16.0. The van der Waals surface area contributed by atoms with E-state index in [1.807, 2.05) is 0 Å². The molecule has 0 radical (unpaired) electrons. The summed E-state index contributed by atoms with van der Waals surface area (Å²) in [4.78, 5) is 22.3. The van der Waals surface area contributed by atoms with Crippen molar-refractivity contribution in [3.63, 3.8) is 0 Å². The van der Waals surface area contributed by atoms with E-state index in [2.05, 4.69) is 10.0 Å². The molecule has 0 aliphatic heterocycles. The molecule has 2 atom stereocenters. The number of amides is 1. The maximum atomic E-state index is 11.7. The minimum Gasteiger partial charge on any atom is -0.480 e. The topological polar surface area (TPSA) is 133 Å². The molecule has 0 aliphatic rings. The summed E-state index contributed by atoms with van der Waals surface area (Å²) in [6, 6.07) is 1.60. The number of sulfonamides is 1. The highest BCUT2D eigenvalue weighted by atomic mass is 32.2. The van der Waals surface area contributed by atoms with Crippen LogP contribution in [0, 0.1) is 0 Å². The van der Waals surface area contributed by atoms with Crippen LogP contribution in [0.25, 0.3) is 0 Å². The molecule has 21 heavy (non-hydrogen) atoms. The van der Waals surface area contributed by atoms with Gasteiger partial charge in [0.2, 0.25) is 15.9 Å². The van der Waals surface area contributed by atoms with Gasteiger partial charge in [0.25, 0.3) is 0 Å². The standard InChI is InChI=1S/C11H16N2O6S2/c1-7(14)10(11(16)17)13-8(15)4-5-12-21(18,19)9-3-2-6-20-9/h2-3,6-7,10,12,14H,4-5H2,1H3,(H,13,15)(H,16,17)/t7-,10+/m1/s1. The van der Waals surface area contributed by atoms with Gasteiger partial charge >= 0.3 is 5.97 Å². The number of carboxylic acid groups (broad SMARTS) is 1. The maximum Gasteiger partial charge on any atom is 0.328 e. The first-order valence-electron chi connectivity index (χ1n) is 5.97. The van der Waals surface area contributed by atoms with Crippen LogP contribution in [0.2, 0.25) is 0 Å². The van der Waals surface area contributed by atoms with Gasteiger partial charge in [-0.05, 0) is 18.4 Å². The fraction of sp³-hybridized carbons (Fsp3) is 0.455. The molecule has 1 amide bonds. The van der Waals surface area contributed by atoms with Crippen LogP contribution in [-0.2, 0) is 19.6 Å². The van der Waals surface area contributed by atoms with Gasteiger partial charge in [0.05, 0.1) is 6.10 Å². The monoisotopic (exact) mass is 336 g/mol. The van der Waals surface area contributed by atoms with Crippen LogP contribution in [0.5, 0.6) is 0 Å². The Bertz CT molecular complexity index is 582. The summed E-state index contributed by atoms with van der Waals surface area (Å²) in [6.45, 7) is 1.07. The smallest absolute Gasteiger partial charge is 0.328 e. The van der Waals surface area contributed by atoms with E-state index in [9.17, 15) is 23.1 Å². The van der Waals surface area contributed by atoms with Crippen molar-refractivity contribution in [2.24, 2.45) is 0 Å². The van der Waals surface area contributed by atoms with E-state index < -0.39 is 34.0 Å². The number of aliphatic hydroxyl groups is 1. The average molecular weight is 336 g/mol. The van der Waals surface area contributed by atoms with E-state index in [0.29, 0.717) is 0 Å². The number of carboxylic acids is 1.